The lowest BCUT2D eigenvalue weighted by atomic mass is 10.2. The molecule has 7 nitrogen and oxygen atoms in total. The lowest BCUT2D eigenvalue weighted by Crippen LogP contribution is -2.19. The summed E-state index contributed by atoms with van der Waals surface area (Å²) < 4.78 is 78.2. The maximum absolute atomic E-state index is 13.2. The number of benzene rings is 3. The summed E-state index contributed by atoms with van der Waals surface area (Å²) in [5, 5.41) is 8.88. The Morgan fingerprint density at radius 2 is 1.48 bits per heavy atom. The van der Waals surface area contributed by atoms with Gasteiger partial charge in [0.2, 0.25) is 0 Å². The number of hydrogen-bond acceptors (Lipinski definition) is 5. The van der Waals surface area contributed by atoms with Crippen LogP contribution >= 0.6 is 0 Å². The van der Waals surface area contributed by atoms with E-state index in [2.05, 4.69) is 4.72 Å². The van der Waals surface area contributed by atoms with Gasteiger partial charge in [-0.3, -0.25) is 4.72 Å². The number of nitrogens with one attached hydrogen (secondary N) is 1. The summed E-state index contributed by atoms with van der Waals surface area (Å²) in [5.41, 5.74) is -1.22. The van der Waals surface area contributed by atoms with Crippen LogP contribution in [-0.4, -0.2) is 32.7 Å². The minimum absolute atomic E-state index is 0.0153. The van der Waals surface area contributed by atoms with E-state index in [0.29, 0.717) is 11.8 Å². The van der Waals surface area contributed by atoms with E-state index in [1.54, 1.807) is 6.07 Å². The van der Waals surface area contributed by atoms with Gasteiger partial charge in [-0.15, -0.1) is 0 Å². The molecular weight excluding hydrogens is 463 g/mol. The molecule has 3 aromatic carbocycles. The van der Waals surface area contributed by atoms with Crippen molar-refractivity contribution in [2.24, 2.45) is 0 Å². The highest BCUT2D eigenvalue weighted by Crippen LogP contribution is 2.35. The fourth-order valence-corrected chi connectivity index (χ4v) is 4.12. The maximum atomic E-state index is 13.2. The predicted octanol–water partition coefficient (Wildman–Crippen LogP) is 4.66. The van der Waals surface area contributed by atoms with E-state index in [9.17, 15) is 26.4 Å². The largest absolute Gasteiger partial charge is 0.490 e. The van der Waals surface area contributed by atoms with Gasteiger partial charge in [0.05, 0.1) is 21.7 Å². The van der Waals surface area contributed by atoms with Crippen molar-refractivity contribution >= 4 is 21.7 Å². The zero-order valence-corrected chi connectivity index (χ0v) is 17.7. The second-order valence-corrected chi connectivity index (χ2v) is 8.27. The van der Waals surface area contributed by atoms with Crippen LogP contribution in [0.15, 0.2) is 77.7 Å². The Morgan fingerprint density at radius 1 is 0.879 bits per heavy atom. The Morgan fingerprint density at radius 3 is 2.15 bits per heavy atom. The Labute approximate surface area is 187 Å². The molecule has 11 heteroatoms. The molecule has 0 unspecified atom stereocenters. The van der Waals surface area contributed by atoms with Crippen LogP contribution in [0.2, 0.25) is 0 Å². The summed E-state index contributed by atoms with van der Waals surface area (Å²) in [6, 6.07) is 15.5. The van der Waals surface area contributed by atoms with Crippen LogP contribution in [0.1, 0.15) is 15.9 Å². The van der Waals surface area contributed by atoms with Gasteiger partial charge in [-0.05, 0) is 48.5 Å². The van der Waals surface area contributed by atoms with Crippen molar-refractivity contribution in [3.8, 4) is 11.5 Å². The molecule has 0 aliphatic heterocycles. The van der Waals surface area contributed by atoms with Crippen LogP contribution in [0.5, 0.6) is 11.5 Å². The summed E-state index contributed by atoms with van der Waals surface area (Å²) in [5.74, 6) is -0.571. The monoisotopic (exact) mass is 481 g/mol. The molecule has 0 spiro atoms. The highest BCUT2D eigenvalue weighted by molar-refractivity contribution is 7.92. The van der Waals surface area contributed by atoms with E-state index >= 15 is 0 Å². The Kier molecular flexibility index (Phi) is 7.12. The molecule has 3 aromatic rings. The summed E-state index contributed by atoms with van der Waals surface area (Å²) in [6.07, 6.45) is -4.85. The molecule has 0 heterocycles. The molecule has 174 valence electrons. The lowest BCUT2D eigenvalue weighted by Gasteiger charge is -2.16. The van der Waals surface area contributed by atoms with E-state index in [1.165, 1.54) is 48.5 Å². The van der Waals surface area contributed by atoms with E-state index in [0.717, 1.165) is 12.1 Å². The van der Waals surface area contributed by atoms with Crippen molar-refractivity contribution in [2.75, 3.05) is 17.9 Å². The average Bonchev–Trinajstić information content (AvgIpc) is 2.77. The Hall–Kier alpha value is -3.73. The van der Waals surface area contributed by atoms with Crippen LogP contribution in [-0.2, 0) is 16.2 Å². The SMILES string of the molecule is O=C(O)c1ccc(OCCOc2ccccc2NS(=O)(=O)c2ccccc2C(F)(F)F)cc1. The molecule has 33 heavy (non-hydrogen) atoms. The molecule has 0 aliphatic rings. The first-order valence-corrected chi connectivity index (χ1v) is 10.9. The number of hydrogen-bond donors (Lipinski definition) is 2. The van der Waals surface area contributed by atoms with Gasteiger partial charge in [0.15, 0.2) is 0 Å². The van der Waals surface area contributed by atoms with Gasteiger partial charge in [0.1, 0.15) is 24.7 Å². The number of alkyl halides is 3. The van der Waals surface area contributed by atoms with Gasteiger partial charge < -0.3 is 14.6 Å². The van der Waals surface area contributed by atoms with E-state index in [-0.39, 0.29) is 30.2 Å². The molecule has 2 N–H and O–H groups in total. The van der Waals surface area contributed by atoms with Crippen LogP contribution in [0.4, 0.5) is 18.9 Å². The maximum Gasteiger partial charge on any atom is 0.417 e. The standard InChI is InChI=1S/C22H18F3NO6S/c23-22(24,25)17-5-1-4-8-20(17)33(29,30)26-18-6-2-3-7-19(18)32-14-13-31-16-11-9-15(10-12-16)21(27)28/h1-12,26H,13-14H2,(H,27,28). The predicted molar refractivity (Wildman–Crippen MR) is 113 cm³/mol. The van der Waals surface area contributed by atoms with Crippen LogP contribution in [0.3, 0.4) is 0 Å². The number of sulfonamides is 1. The highest BCUT2D eigenvalue weighted by Gasteiger charge is 2.37. The van der Waals surface area contributed by atoms with Gasteiger partial charge in [0.25, 0.3) is 10.0 Å². The number of halogens is 3. The van der Waals surface area contributed by atoms with Gasteiger partial charge >= 0.3 is 12.1 Å². The molecule has 0 aromatic heterocycles. The third-order valence-corrected chi connectivity index (χ3v) is 5.75. The molecule has 0 amide bonds. The highest BCUT2D eigenvalue weighted by atomic mass is 32.2. The number of ether oxygens (including phenoxy) is 2. The lowest BCUT2D eigenvalue weighted by molar-refractivity contribution is -0.139. The quantitative estimate of drug-likeness (QED) is 0.431. The van der Waals surface area contributed by atoms with Gasteiger partial charge in [0, 0.05) is 0 Å². The minimum Gasteiger partial charge on any atom is -0.490 e. The fraction of sp³-hybridized carbons (Fsp3) is 0.136. The smallest absolute Gasteiger partial charge is 0.417 e. The summed E-state index contributed by atoms with van der Waals surface area (Å²) in [7, 11) is -4.56. The van der Waals surface area contributed by atoms with Gasteiger partial charge in [-0.1, -0.05) is 24.3 Å². The van der Waals surface area contributed by atoms with Crippen LogP contribution in [0.25, 0.3) is 0 Å². The minimum atomic E-state index is -4.85. The topological polar surface area (TPSA) is 102 Å². The second-order valence-electron chi connectivity index (χ2n) is 6.62. The number of aromatic carboxylic acids is 1. The van der Waals surface area contributed by atoms with Crippen LogP contribution < -0.4 is 14.2 Å². The fourth-order valence-electron chi connectivity index (χ4n) is 2.82. The number of rotatable bonds is 9. The van der Waals surface area contributed by atoms with Crippen molar-refractivity contribution < 1.29 is 41.0 Å². The third kappa shape index (κ3) is 6.16. The number of anilines is 1. The first-order chi connectivity index (χ1) is 15.6. The first-order valence-electron chi connectivity index (χ1n) is 9.45. The molecule has 0 aliphatic carbocycles. The zero-order chi connectivity index (χ0) is 24.1. The van der Waals surface area contributed by atoms with Crippen molar-refractivity contribution in [3.05, 3.63) is 83.9 Å². The van der Waals surface area contributed by atoms with Crippen molar-refractivity contribution in [2.45, 2.75) is 11.1 Å². The molecule has 0 saturated carbocycles. The summed E-state index contributed by atoms with van der Waals surface area (Å²) in [4.78, 5) is 9.95. The van der Waals surface area contributed by atoms with Gasteiger partial charge in [-0.25, -0.2) is 13.2 Å². The number of carbonyl (C=O) groups is 1. The van der Waals surface area contributed by atoms with Gasteiger partial charge in [-0.2, -0.15) is 13.2 Å². The molecule has 0 saturated heterocycles. The summed E-state index contributed by atoms with van der Waals surface area (Å²) in [6.45, 7) is 0.0307. The molecule has 0 atom stereocenters. The molecular formula is C22H18F3NO6S. The summed E-state index contributed by atoms with van der Waals surface area (Å²) >= 11 is 0. The number of carboxylic acids is 1. The number of carboxylic acid groups (broad SMARTS) is 1. The van der Waals surface area contributed by atoms with E-state index in [1.807, 2.05) is 0 Å². The van der Waals surface area contributed by atoms with Crippen LogP contribution in [0, 0.1) is 0 Å². The Bertz CT molecular complexity index is 1230. The second kappa shape index (κ2) is 9.82. The molecule has 0 bridgehead atoms. The molecule has 0 fully saturated rings. The van der Waals surface area contributed by atoms with Crippen molar-refractivity contribution in [1.29, 1.82) is 0 Å². The molecule has 0 radical (unpaired) electrons. The van der Waals surface area contributed by atoms with E-state index in [4.69, 9.17) is 14.6 Å². The molecule has 3 rings (SSSR count). The zero-order valence-electron chi connectivity index (χ0n) is 16.9. The third-order valence-electron chi connectivity index (χ3n) is 4.32. The normalized spacial score (nSPS) is 11.6. The average molecular weight is 481 g/mol. The number of para-hydroxylation sites is 2. The van der Waals surface area contributed by atoms with Crippen molar-refractivity contribution in [1.82, 2.24) is 0 Å². The van der Waals surface area contributed by atoms with E-state index < -0.39 is 32.6 Å². The van der Waals surface area contributed by atoms with Crippen molar-refractivity contribution in [3.63, 3.8) is 0 Å². The Balaban J connectivity index is 1.68. The first kappa shape index (κ1) is 23.9.